The van der Waals surface area contributed by atoms with E-state index in [0.717, 1.165) is 35.1 Å². The minimum Gasteiger partial charge on any atom is -0.312 e. The second kappa shape index (κ2) is 6.95. The van der Waals surface area contributed by atoms with Gasteiger partial charge in [0.1, 0.15) is 0 Å². The van der Waals surface area contributed by atoms with Crippen molar-refractivity contribution in [2.45, 2.75) is 19.9 Å². The molecule has 0 atom stereocenters. The van der Waals surface area contributed by atoms with E-state index >= 15 is 0 Å². The molecule has 2 aromatic carbocycles. The zero-order valence-corrected chi connectivity index (χ0v) is 12.4. The third-order valence-electron chi connectivity index (χ3n) is 3.00. The van der Waals surface area contributed by atoms with Crippen LogP contribution in [0.1, 0.15) is 16.7 Å². The Hall–Kier alpha value is -1.02. The SMILES string of the molecule is Cc1cccc(CCNCc2cc(Cl)ccc2Cl)c1. The van der Waals surface area contributed by atoms with Gasteiger partial charge in [-0.25, -0.2) is 0 Å². The number of benzene rings is 2. The first-order valence-electron chi connectivity index (χ1n) is 6.35. The number of hydrogen-bond acceptors (Lipinski definition) is 1. The van der Waals surface area contributed by atoms with E-state index in [2.05, 4.69) is 36.5 Å². The maximum Gasteiger partial charge on any atom is 0.0451 e. The second-order valence-corrected chi connectivity index (χ2v) is 5.50. The molecule has 0 heterocycles. The van der Waals surface area contributed by atoms with Crippen LogP contribution in [0.3, 0.4) is 0 Å². The lowest BCUT2D eigenvalue weighted by Crippen LogP contribution is -2.16. The molecule has 2 aromatic rings. The summed E-state index contributed by atoms with van der Waals surface area (Å²) in [6, 6.07) is 14.1. The van der Waals surface area contributed by atoms with E-state index in [4.69, 9.17) is 23.2 Å². The van der Waals surface area contributed by atoms with Crippen molar-refractivity contribution in [3.8, 4) is 0 Å². The minimum atomic E-state index is 0.722. The highest BCUT2D eigenvalue weighted by atomic mass is 35.5. The summed E-state index contributed by atoms with van der Waals surface area (Å²) in [6.45, 7) is 3.78. The van der Waals surface area contributed by atoms with Crippen molar-refractivity contribution in [1.29, 1.82) is 0 Å². The molecule has 0 unspecified atom stereocenters. The summed E-state index contributed by atoms with van der Waals surface area (Å²) in [6.07, 6.45) is 1.01. The van der Waals surface area contributed by atoms with E-state index < -0.39 is 0 Å². The van der Waals surface area contributed by atoms with Gasteiger partial charge in [0.05, 0.1) is 0 Å². The van der Waals surface area contributed by atoms with E-state index in [9.17, 15) is 0 Å². The van der Waals surface area contributed by atoms with Gasteiger partial charge in [-0.15, -0.1) is 0 Å². The molecule has 0 saturated carbocycles. The van der Waals surface area contributed by atoms with Crippen LogP contribution in [-0.2, 0) is 13.0 Å². The molecule has 100 valence electrons. The van der Waals surface area contributed by atoms with Crippen LogP contribution in [0.15, 0.2) is 42.5 Å². The number of nitrogens with one attached hydrogen (secondary N) is 1. The van der Waals surface area contributed by atoms with Crippen molar-refractivity contribution in [2.75, 3.05) is 6.54 Å². The molecule has 1 N–H and O–H groups in total. The zero-order chi connectivity index (χ0) is 13.7. The first kappa shape index (κ1) is 14.4. The van der Waals surface area contributed by atoms with Gasteiger partial charge in [0.2, 0.25) is 0 Å². The van der Waals surface area contributed by atoms with Crippen LogP contribution < -0.4 is 5.32 Å². The molecule has 0 fully saturated rings. The fraction of sp³-hybridized carbons (Fsp3) is 0.250. The Balaban J connectivity index is 1.82. The Morgan fingerprint density at radius 3 is 2.68 bits per heavy atom. The molecule has 1 nitrogen and oxygen atoms in total. The van der Waals surface area contributed by atoms with Gasteiger partial charge >= 0.3 is 0 Å². The lowest BCUT2D eigenvalue weighted by molar-refractivity contribution is 0.687. The van der Waals surface area contributed by atoms with Crippen LogP contribution in [0.25, 0.3) is 0 Å². The molecular formula is C16H17Cl2N. The van der Waals surface area contributed by atoms with Crippen LogP contribution in [0.4, 0.5) is 0 Å². The van der Waals surface area contributed by atoms with E-state index in [1.165, 1.54) is 11.1 Å². The van der Waals surface area contributed by atoms with Crippen molar-refractivity contribution >= 4 is 23.2 Å². The van der Waals surface area contributed by atoms with Gasteiger partial charge in [-0.2, -0.15) is 0 Å². The summed E-state index contributed by atoms with van der Waals surface area (Å²) in [5.41, 5.74) is 3.69. The average Bonchev–Trinajstić information content (AvgIpc) is 2.39. The van der Waals surface area contributed by atoms with Crippen LogP contribution in [0, 0.1) is 6.92 Å². The highest BCUT2D eigenvalue weighted by Gasteiger charge is 2.01. The molecule has 0 spiro atoms. The van der Waals surface area contributed by atoms with Gasteiger partial charge in [-0.3, -0.25) is 0 Å². The van der Waals surface area contributed by atoms with Gasteiger partial charge in [0.15, 0.2) is 0 Å². The molecule has 0 aliphatic heterocycles. The van der Waals surface area contributed by atoms with E-state index in [1.807, 2.05) is 12.1 Å². The summed E-state index contributed by atoms with van der Waals surface area (Å²) < 4.78 is 0. The zero-order valence-electron chi connectivity index (χ0n) is 10.9. The van der Waals surface area contributed by atoms with E-state index in [-0.39, 0.29) is 0 Å². The van der Waals surface area contributed by atoms with Crippen molar-refractivity contribution in [1.82, 2.24) is 5.32 Å². The number of halogens is 2. The Morgan fingerprint density at radius 2 is 1.89 bits per heavy atom. The first-order valence-corrected chi connectivity index (χ1v) is 7.11. The maximum atomic E-state index is 6.11. The van der Waals surface area contributed by atoms with E-state index in [0.29, 0.717) is 0 Å². The summed E-state index contributed by atoms with van der Waals surface area (Å²) in [5, 5.41) is 4.87. The molecule has 0 amide bonds. The minimum absolute atomic E-state index is 0.722. The fourth-order valence-electron chi connectivity index (χ4n) is 2.00. The van der Waals surface area contributed by atoms with Crippen molar-refractivity contribution < 1.29 is 0 Å². The van der Waals surface area contributed by atoms with Crippen LogP contribution >= 0.6 is 23.2 Å². The van der Waals surface area contributed by atoms with E-state index in [1.54, 1.807) is 6.07 Å². The van der Waals surface area contributed by atoms with Crippen molar-refractivity contribution in [3.05, 3.63) is 69.2 Å². The molecule has 19 heavy (non-hydrogen) atoms. The number of aryl methyl sites for hydroxylation is 1. The second-order valence-electron chi connectivity index (χ2n) is 4.65. The molecule has 2 rings (SSSR count). The molecule has 0 bridgehead atoms. The standard InChI is InChI=1S/C16H17Cl2N/c1-12-3-2-4-13(9-12)7-8-19-11-14-10-15(17)5-6-16(14)18/h2-6,9-10,19H,7-8,11H2,1H3. The fourth-order valence-corrected chi connectivity index (χ4v) is 2.38. The highest BCUT2D eigenvalue weighted by Crippen LogP contribution is 2.20. The molecule has 0 radical (unpaired) electrons. The van der Waals surface area contributed by atoms with Gasteiger partial charge < -0.3 is 5.32 Å². The quantitative estimate of drug-likeness (QED) is 0.792. The topological polar surface area (TPSA) is 12.0 Å². The smallest absolute Gasteiger partial charge is 0.0451 e. The van der Waals surface area contributed by atoms with Gasteiger partial charge in [-0.05, 0) is 49.2 Å². The van der Waals surface area contributed by atoms with Crippen LogP contribution in [0.2, 0.25) is 10.0 Å². The molecule has 0 aromatic heterocycles. The summed E-state index contributed by atoms with van der Waals surface area (Å²) >= 11 is 12.1. The Morgan fingerprint density at radius 1 is 1.05 bits per heavy atom. The number of rotatable bonds is 5. The summed E-state index contributed by atoms with van der Waals surface area (Å²) in [4.78, 5) is 0. The van der Waals surface area contributed by atoms with Gasteiger partial charge in [-0.1, -0.05) is 53.0 Å². The molecule has 0 aliphatic rings. The highest BCUT2D eigenvalue weighted by molar-refractivity contribution is 6.33. The third kappa shape index (κ3) is 4.54. The predicted molar refractivity (Wildman–Crippen MR) is 83.1 cm³/mol. The van der Waals surface area contributed by atoms with Crippen molar-refractivity contribution in [3.63, 3.8) is 0 Å². The third-order valence-corrected chi connectivity index (χ3v) is 3.60. The molecule has 0 saturated heterocycles. The van der Waals surface area contributed by atoms with Crippen LogP contribution in [0.5, 0.6) is 0 Å². The number of hydrogen-bond donors (Lipinski definition) is 1. The normalized spacial score (nSPS) is 10.7. The summed E-state index contributed by atoms with van der Waals surface area (Å²) in [5.74, 6) is 0. The van der Waals surface area contributed by atoms with Gasteiger partial charge in [0, 0.05) is 16.6 Å². The Bertz CT molecular complexity index is 552. The maximum absolute atomic E-state index is 6.11. The lowest BCUT2D eigenvalue weighted by Gasteiger charge is -2.08. The molecular weight excluding hydrogens is 277 g/mol. The summed E-state index contributed by atoms with van der Waals surface area (Å²) in [7, 11) is 0. The molecule has 3 heteroatoms. The monoisotopic (exact) mass is 293 g/mol. The Labute approximate surface area is 124 Å². The average molecular weight is 294 g/mol. The first-order chi connectivity index (χ1) is 9.15. The Kier molecular flexibility index (Phi) is 5.26. The largest absolute Gasteiger partial charge is 0.312 e. The molecule has 0 aliphatic carbocycles. The van der Waals surface area contributed by atoms with Crippen LogP contribution in [-0.4, -0.2) is 6.54 Å². The van der Waals surface area contributed by atoms with Crippen molar-refractivity contribution in [2.24, 2.45) is 0 Å². The lowest BCUT2D eigenvalue weighted by atomic mass is 10.1. The predicted octanol–water partition coefficient (Wildman–Crippen LogP) is 4.63. The van der Waals surface area contributed by atoms with Gasteiger partial charge in [0.25, 0.3) is 0 Å².